The van der Waals surface area contributed by atoms with Crippen molar-refractivity contribution in [2.75, 3.05) is 0 Å². The van der Waals surface area contributed by atoms with Crippen molar-refractivity contribution >= 4 is 11.5 Å². The molecule has 0 aromatic carbocycles. The van der Waals surface area contributed by atoms with E-state index >= 15 is 0 Å². The number of amidine groups is 1. The highest BCUT2D eigenvalue weighted by molar-refractivity contribution is 5.93. The third-order valence-corrected chi connectivity index (χ3v) is 4.34. The molecule has 5 nitrogen and oxygen atoms in total. The molecule has 5 heteroatoms. The van der Waals surface area contributed by atoms with E-state index in [1.807, 2.05) is 10.6 Å². The van der Waals surface area contributed by atoms with Crippen LogP contribution in [0, 0.1) is 17.2 Å². The Balaban J connectivity index is 1.89. The number of aromatic nitrogens is 3. The molecule has 3 rings (SSSR count). The molecule has 3 N–H and O–H groups in total. The van der Waals surface area contributed by atoms with Crippen LogP contribution in [0.15, 0.2) is 18.6 Å². The van der Waals surface area contributed by atoms with Gasteiger partial charge in [-0.2, -0.15) is 0 Å². The molecule has 2 aromatic rings. The van der Waals surface area contributed by atoms with Gasteiger partial charge in [-0.15, -0.1) is 0 Å². The molecule has 1 fully saturated rings. The summed E-state index contributed by atoms with van der Waals surface area (Å²) >= 11 is 0. The lowest BCUT2D eigenvalue weighted by atomic mass is 9.81. The Kier molecular flexibility index (Phi) is 3.42. The molecule has 0 spiro atoms. The third kappa shape index (κ3) is 2.53. The van der Waals surface area contributed by atoms with Crippen molar-refractivity contribution in [3.63, 3.8) is 0 Å². The number of nitrogens with two attached hydrogens (primary N) is 1. The van der Waals surface area contributed by atoms with Crippen LogP contribution in [0.2, 0.25) is 0 Å². The smallest absolute Gasteiger partial charge is 0.158 e. The van der Waals surface area contributed by atoms with E-state index in [-0.39, 0.29) is 5.84 Å². The zero-order valence-corrected chi connectivity index (χ0v) is 11.8. The van der Waals surface area contributed by atoms with Crippen LogP contribution in [0.4, 0.5) is 0 Å². The van der Waals surface area contributed by atoms with Gasteiger partial charge >= 0.3 is 0 Å². The van der Waals surface area contributed by atoms with Crippen LogP contribution in [0.1, 0.15) is 44.0 Å². The first kappa shape index (κ1) is 13.1. The minimum absolute atomic E-state index is 0.0131. The van der Waals surface area contributed by atoms with Crippen LogP contribution in [-0.4, -0.2) is 20.2 Å². The van der Waals surface area contributed by atoms with Gasteiger partial charge < -0.3 is 10.1 Å². The zero-order valence-electron chi connectivity index (χ0n) is 11.8. The largest absolute Gasteiger partial charge is 0.382 e. The second-order valence-electron chi connectivity index (χ2n) is 5.97. The molecule has 0 aliphatic heterocycles. The number of imidazole rings is 1. The third-order valence-electron chi connectivity index (χ3n) is 4.34. The standard InChI is InChI=1S/C15H21N5/c1-10-2-4-11(5-3-10)8-12-15-18-6-7-20(15)9-13(19-12)14(16)17/h6-7,9-11H,2-5,8H2,1H3,(H3,16,17). The van der Waals surface area contributed by atoms with Crippen LogP contribution >= 0.6 is 0 Å². The first-order chi connectivity index (χ1) is 9.63. The molecule has 1 saturated carbocycles. The van der Waals surface area contributed by atoms with E-state index in [9.17, 15) is 0 Å². The molecule has 0 radical (unpaired) electrons. The first-order valence-electron chi connectivity index (χ1n) is 7.30. The highest BCUT2D eigenvalue weighted by Crippen LogP contribution is 2.30. The van der Waals surface area contributed by atoms with E-state index in [0.29, 0.717) is 11.6 Å². The van der Waals surface area contributed by atoms with Gasteiger partial charge in [-0.05, 0) is 31.1 Å². The Morgan fingerprint density at radius 3 is 2.85 bits per heavy atom. The number of hydrogen-bond acceptors (Lipinski definition) is 3. The second-order valence-corrected chi connectivity index (χ2v) is 5.97. The fourth-order valence-electron chi connectivity index (χ4n) is 3.07. The van der Waals surface area contributed by atoms with Crippen molar-refractivity contribution in [1.82, 2.24) is 14.4 Å². The van der Waals surface area contributed by atoms with Crippen molar-refractivity contribution < 1.29 is 0 Å². The van der Waals surface area contributed by atoms with Gasteiger partial charge in [-0.1, -0.05) is 19.8 Å². The predicted octanol–water partition coefficient (Wildman–Crippen LogP) is 2.38. The summed E-state index contributed by atoms with van der Waals surface area (Å²) < 4.78 is 1.92. The van der Waals surface area contributed by atoms with E-state index in [2.05, 4.69) is 16.9 Å². The summed E-state index contributed by atoms with van der Waals surface area (Å²) in [5.74, 6) is 1.55. The summed E-state index contributed by atoms with van der Waals surface area (Å²) in [6, 6.07) is 0. The van der Waals surface area contributed by atoms with Crippen LogP contribution in [0.25, 0.3) is 5.65 Å². The fourth-order valence-corrected chi connectivity index (χ4v) is 3.07. The highest BCUT2D eigenvalue weighted by atomic mass is 15.0. The van der Waals surface area contributed by atoms with Crippen LogP contribution in [0.3, 0.4) is 0 Å². The van der Waals surface area contributed by atoms with E-state index < -0.39 is 0 Å². The summed E-state index contributed by atoms with van der Waals surface area (Å²) in [5.41, 5.74) is 7.99. The summed E-state index contributed by atoms with van der Waals surface area (Å²) in [6.07, 6.45) is 11.5. The maximum Gasteiger partial charge on any atom is 0.158 e. The van der Waals surface area contributed by atoms with Crippen molar-refractivity contribution in [2.45, 2.75) is 39.0 Å². The molecule has 1 aliphatic carbocycles. The quantitative estimate of drug-likeness (QED) is 0.664. The van der Waals surface area contributed by atoms with Gasteiger partial charge in [0.25, 0.3) is 0 Å². The number of rotatable bonds is 3. The minimum atomic E-state index is 0.0131. The van der Waals surface area contributed by atoms with Gasteiger partial charge in [-0.25, -0.2) is 9.97 Å². The van der Waals surface area contributed by atoms with E-state index in [1.165, 1.54) is 25.7 Å². The fraction of sp³-hybridized carbons (Fsp3) is 0.533. The molecule has 0 bridgehead atoms. The van der Waals surface area contributed by atoms with Gasteiger partial charge in [0.2, 0.25) is 0 Å². The average molecular weight is 271 g/mol. The highest BCUT2D eigenvalue weighted by Gasteiger charge is 2.21. The summed E-state index contributed by atoms with van der Waals surface area (Å²) in [7, 11) is 0. The Morgan fingerprint density at radius 2 is 2.15 bits per heavy atom. The zero-order chi connectivity index (χ0) is 14.1. The van der Waals surface area contributed by atoms with Crippen molar-refractivity contribution in [3.05, 3.63) is 30.0 Å². The second kappa shape index (κ2) is 5.23. The molecular formula is C15H21N5. The van der Waals surface area contributed by atoms with Crippen molar-refractivity contribution in [3.8, 4) is 0 Å². The normalized spacial score (nSPS) is 23.1. The maximum atomic E-state index is 7.59. The maximum absolute atomic E-state index is 7.59. The number of fused-ring (bicyclic) bond motifs is 1. The van der Waals surface area contributed by atoms with E-state index in [0.717, 1.165) is 23.7 Å². The molecular weight excluding hydrogens is 250 g/mol. The molecule has 2 aromatic heterocycles. The Hall–Kier alpha value is -1.91. The number of hydrogen-bond donors (Lipinski definition) is 2. The van der Waals surface area contributed by atoms with Crippen LogP contribution in [-0.2, 0) is 6.42 Å². The predicted molar refractivity (Wildman–Crippen MR) is 78.8 cm³/mol. The van der Waals surface area contributed by atoms with Crippen LogP contribution < -0.4 is 5.73 Å². The van der Waals surface area contributed by atoms with Crippen molar-refractivity contribution in [2.24, 2.45) is 17.6 Å². The molecule has 2 heterocycles. The van der Waals surface area contributed by atoms with Gasteiger partial charge in [0, 0.05) is 18.6 Å². The van der Waals surface area contributed by atoms with Gasteiger partial charge in [0.1, 0.15) is 11.5 Å². The lowest BCUT2D eigenvalue weighted by Gasteiger charge is -2.26. The van der Waals surface area contributed by atoms with E-state index in [4.69, 9.17) is 11.1 Å². The Morgan fingerprint density at radius 1 is 1.40 bits per heavy atom. The number of nitrogen functional groups attached to an aromatic ring is 1. The van der Waals surface area contributed by atoms with Crippen molar-refractivity contribution in [1.29, 1.82) is 5.41 Å². The van der Waals surface area contributed by atoms with Gasteiger partial charge in [0.05, 0.1) is 5.69 Å². The molecule has 0 saturated heterocycles. The molecule has 0 amide bonds. The molecule has 1 aliphatic rings. The van der Waals surface area contributed by atoms with E-state index in [1.54, 1.807) is 12.4 Å². The van der Waals surface area contributed by atoms with Gasteiger partial charge in [-0.3, -0.25) is 5.41 Å². The van der Waals surface area contributed by atoms with Crippen LogP contribution in [0.5, 0.6) is 0 Å². The Labute approximate surface area is 118 Å². The molecule has 106 valence electrons. The average Bonchev–Trinajstić information content (AvgIpc) is 2.89. The SMILES string of the molecule is CC1CCC(Cc2nc(C(=N)N)cn3ccnc23)CC1. The summed E-state index contributed by atoms with van der Waals surface area (Å²) in [5, 5.41) is 7.59. The monoisotopic (exact) mass is 271 g/mol. The summed E-state index contributed by atoms with van der Waals surface area (Å²) in [4.78, 5) is 8.94. The molecule has 0 atom stereocenters. The lowest BCUT2D eigenvalue weighted by Crippen LogP contribution is -2.19. The number of nitrogens with zero attached hydrogens (tertiary/aromatic N) is 3. The topological polar surface area (TPSA) is 80.1 Å². The molecule has 20 heavy (non-hydrogen) atoms. The first-order valence-corrected chi connectivity index (χ1v) is 7.30. The number of nitrogens with one attached hydrogen (secondary N) is 1. The Bertz CT molecular complexity index is 622. The summed E-state index contributed by atoms with van der Waals surface area (Å²) in [6.45, 7) is 2.33. The minimum Gasteiger partial charge on any atom is -0.382 e. The molecule has 0 unspecified atom stereocenters. The lowest BCUT2D eigenvalue weighted by molar-refractivity contribution is 0.287. The van der Waals surface area contributed by atoms with Gasteiger partial charge in [0.15, 0.2) is 5.65 Å².